The number of aromatic nitrogens is 1. The maximum atomic E-state index is 4.76. The SMILES string of the molecule is C[C@H]1CN(Cc2csc(C(C)(C)C)n2)CCN1.Cl. The molecule has 104 valence electrons. The van der Waals surface area contributed by atoms with Crippen molar-refractivity contribution in [2.75, 3.05) is 19.6 Å². The molecule has 0 saturated carbocycles. The number of hydrogen-bond acceptors (Lipinski definition) is 4. The van der Waals surface area contributed by atoms with Crippen LogP contribution in [0.2, 0.25) is 0 Å². The van der Waals surface area contributed by atoms with E-state index in [1.807, 2.05) is 0 Å². The Bertz CT molecular complexity index is 373. The number of halogens is 1. The summed E-state index contributed by atoms with van der Waals surface area (Å²) in [7, 11) is 0. The maximum Gasteiger partial charge on any atom is 0.0982 e. The van der Waals surface area contributed by atoms with Gasteiger partial charge in [0.05, 0.1) is 10.7 Å². The first kappa shape index (κ1) is 15.9. The van der Waals surface area contributed by atoms with E-state index in [-0.39, 0.29) is 17.8 Å². The smallest absolute Gasteiger partial charge is 0.0982 e. The molecule has 0 aromatic carbocycles. The van der Waals surface area contributed by atoms with E-state index in [1.54, 1.807) is 11.3 Å². The van der Waals surface area contributed by atoms with Crippen molar-refractivity contribution >= 4 is 23.7 Å². The van der Waals surface area contributed by atoms with Gasteiger partial charge in [0.2, 0.25) is 0 Å². The molecule has 18 heavy (non-hydrogen) atoms. The topological polar surface area (TPSA) is 28.2 Å². The van der Waals surface area contributed by atoms with Crippen molar-refractivity contribution in [1.82, 2.24) is 15.2 Å². The van der Waals surface area contributed by atoms with E-state index in [1.165, 1.54) is 10.7 Å². The van der Waals surface area contributed by atoms with Gasteiger partial charge >= 0.3 is 0 Å². The number of thiazole rings is 1. The molecule has 1 atom stereocenters. The van der Waals surface area contributed by atoms with Crippen LogP contribution in [0.3, 0.4) is 0 Å². The van der Waals surface area contributed by atoms with Crippen LogP contribution in [-0.4, -0.2) is 35.6 Å². The van der Waals surface area contributed by atoms with Gasteiger partial charge in [-0.15, -0.1) is 23.7 Å². The van der Waals surface area contributed by atoms with Gasteiger partial charge in [-0.2, -0.15) is 0 Å². The Labute approximate surface area is 120 Å². The van der Waals surface area contributed by atoms with E-state index < -0.39 is 0 Å². The van der Waals surface area contributed by atoms with Crippen LogP contribution in [0.15, 0.2) is 5.38 Å². The van der Waals surface area contributed by atoms with Gasteiger partial charge < -0.3 is 5.32 Å². The molecule has 2 rings (SSSR count). The second-order valence-corrected chi connectivity index (χ2v) is 6.84. The van der Waals surface area contributed by atoms with Crippen LogP contribution in [0.5, 0.6) is 0 Å². The molecule has 2 heterocycles. The van der Waals surface area contributed by atoms with Crippen LogP contribution in [0.1, 0.15) is 38.4 Å². The summed E-state index contributed by atoms with van der Waals surface area (Å²) in [6, 6.07) is 0.601. The third-order valence-electron chi connectivity index (χ3n) is 3.03. The Morgan fingerprint density at radius 1 is 1.50 bits per heavy atom. The predicted molar refractivity (Wildman–Crippen MR) is 80.8 cm³/mol. The number of piperazine rings is 1. The van der Waals surface area contributed by atoms with Crippen LogP contribution in [0.4, 0.5) is 0 Å². The monoisotopic (exact) mass is 289 g/mol. The zero-order valence-corrected chi connectivity index (χ0v) is 13.3. The van der Waals surface area contributed by atoms with Gasteiger partial charge in [0.1, 0.15) is 0 Å². The molecule has 3 nitrogen and oxygen atoms in total. The molecule has 0 unspecified atom stereocenters. The van der Waals surface area contributed by atoms with E-state index >= 15 is 0 Å². The van der Waals surface area contributed by atoms with Crippen LogP contribution in [0, 0.1) is 0 Å². The van der Waals surface area contributed by atoms with Gasteiger partial charge in [-0.3, -0.25) is 4.90 Å². The average Bonchev–Trinajstić information content (AvgIpc) is 2.65. The number of hydrogen-bond donors (Lipinski definition) is 1. The Balaban J connectivity index is 0.00000162. The van der Waals surface area contributed by atoms with Gasteiger partial charge in [-0.25, -0.2) is 4.98 Å². The molecule has 0 amide bonds. The summed E-state index contributed by atoms with van der Waals surface area (Å²) in [5.74, 6) is 0. The van der Waals surface area contributed by atoms with Gasteiger partial charge in [0.25, 0.3) is 0 Å². The zero-order valence-electron chi connectivity index (χ0n) is 11.7. The summed E-state index contributed by atoms with van der Waals surface area (Å²) in [5.41, 5.74) is 1.41. The first-order valence-corrected chi connectivity index (χ1v) is 7.24. The highest BCUT2D eigenvalue weighted by Gasteiger charge is 2.20. The minimum Gasteiger partial charge on any atom is -0.312 e. The highest BCUT2D eigenvalue weighted by Crippen LogP contribution is 2.26. The molecule has 0 radical (unpaired) electrons. The van der Waals surface area contributed by atoms with Crippen LogP contribution >= 0.6 is 23.7 Å². The maximum absolute atomic E-state index is 4.76. The van der Waals surface area contributed by atoms with E-state index in [9.17, 15) is 0 Å². The molecule has 0 spiro atoms. The summed E-state index contributed by atoms with van der Waals surface area (Å²) in [6.45, 7) is 13.3. The van der Waals surface area contributed by atoms with Crippen molar-refractivity contribution < 1.29 is 0 Å². The fourth-order valence-corrected chi connectivity index (χ4v) is 3.01. The Morgan fingerprint density at radius 3 is 2.78 bits per heavy atom. The highest BCUT2D eigenvalue weighted by atomic mass is 35.5. The molecule has 1 N–H and O–H groups in total. The largest absolute Gasteiger partial charge is 0.312 e. The lowest BCUT2D eigenvalue weighted by Crippen LogP contribution is -2.48. The highest BCUT2D eigenvalue weighted by molar-refractivity contribution is 7.09. The van der Waals surface area contributed by atoms with E-state index in [0.717, 1.165) is 26.2 Å². The summed E-state index contributed by atoms with van der Waals surface area (Å²) in [5, 5.41) is 6.93. The molecule has 0 aliphatic carbocycles. The fraction of sp³-hybridized carbons (Fsp3) is 0.769. The van der Waals surface area contributed by atoms with Crippen LogP contribution < -0.4 is 5.32 Å². The van der Waals surface area contributed by atoms with Crippen molar-refractivity contribution in [3.05, 3.63) is 16.1 Å². The fourth-order valence-electron chi connectivity index (χ4n) is 2.11. The van der Waals surface area contributed by atoms with Crippen molar-refractivity contribution in [2.45, 2.75) is 45.7 Å². The third-order valence-corrected chi connectivity index (χ3v) is 4.35. The molecule has 1 aromatic rings. The van der Waals surface area contributed by atoms with Crippen molar-refractivity contribution in [2.24, 2.45) is 0 Å². The zero-order chi connectivity index (χ0) is 12.5. The van der Waals surface area contributed by atoms with Gasteiger partial charge in [-0.1, -0.05) is 20.8 Å². The summed E-state index contributed by atoms with van der Waals surface area (Å²) in [4.78, 5) is 7.25. The molecule has 0 bridgehead atoms. The average molecular weight is 290 g/mol. The third kappa shape index (κ3) is 4.19. The van der Waals surface area contributed by atoms with E-state index in [4.69, 9.17) is 4.98 Å². The van der Waals surface area contributed by atoms with Crippen LogP contribution in [-0.2, 0) is 12.0 Å². The summed E-state index contributed by atoms with van der Waals surface area (Å²) >= 11 is 1.79. The second kappa shape index (κ2) is 6.33. The van der Waals surface area contributed by atoms with Crippen LogP contribution in [0.25, 0.3) is 0 Å². The lowest BCUT2D eigenvalue weighted by Gasteiger charge is -2.31. The summed E-state index contributed by atoms with van der Waals surface area (Å²) in [6.07, 6.45) is 0. The molecular formula is C13H24ClN3S. The number of rotatable bonds is 2. The first-order valence-electron chi connectivity index (χ1n) is 6.36. The Hall–Kier alpha value is -0.160. The standard InChI is InChI=1S/C13H23N3S.ClH/c1-10-7-16(6-5-14-10)8-11-9-17-12(15-11)13(2,3)4;/h9-10,14H,5-8H2,1-4H3;1H/t10-;/m0./s1. The predicted octanol–water partition coefficient (Wildman–Crippen LogP) is 2.66. The lowest BCUT2D eigenvalue weighted by molar-refractivity contribution is 0.198. The molecule has 1 aliphatic heterocycles. The minimum absolute atomic E-state index is 0. The quantitative estimate of drug-likeness (QED) is 0.907. The van der Waals surface area contributed by atoms with E-state index in [2.05, 4.69) is 43.3 Å². The molecule has 5 heteroatoms. The lowest BCUT2D eigenvalue weighted by atomic mass is 9.98. The van der Waals surface area contributed by atoms with E-state index in [0.29, 0.717) is 6.04 Å². The molecule has 1 saturated heterocycles. The van der Waals surface area contributed by atoms with Crippen molar-refractivity contribution in [3.8, 4) is 0 Å². The van der Waals surface area contributed by atoms with Gasteiger partial charge in [-0.05, 0) is 6.92 Å². The molecular weight excluding hydrogens is 266 g/mol. The summed E-state index contributed by atoms with van der Waals surface area (Å²) < 4.78 is 0. The van der Waals surface area contributed by atoms with Crippen molar-refractivity contribution in [3.63, 3.8) is 0 Å². The first-order chi connectivity index (χ1) is 7.95. The van der Waals surface area contributed by atoms with Gasteiger partial charge in [0, 0.05) is 43.0 Å². The molecule has 1 fully saturated rings. The minimum atomic E-state index is 0. The molecule has 1 aliphatic rings. The number of nitrogens with zero attached hydrogens (tertiary/aromatic N) is 2. The molecule has 1 aromatic heterocycles. The van der Waals surface area contributed by atoms with Crippen molar-refractivity contribution in [1.29, 1.82) is 0 Å². The number of nitrogens with one attached hydrogen (secondary N) is 1. The normalized spacial score (nSPS) is 21.7. The Kier molecular flexibility index (Phi) is 5.59. The second-order valence-electron chi connectivity index (χ2n) is 5.98. The van der Waals surface area contributed by atoms with Gasteiger partial charge in [0.15, 0.2) is 0 Å². The Morgan fingerprint density at radius 2 is 2.22 bits per heavy atom.